The van der Waals surface area contributed by atoms with Gasteiger partial charge in [0.15, 0.2) is 5.69 Å². The number of piperidine rings is 1. The number of hydrogen-bond acceptors (Lipinski definition) is 3. The molecule has 0 aromatic carbocycles. The minimum absolute atomic E-state index is 0.0994. The highest BCUT2D eigenvalue weighted by Gasteiger charge is 2.46. The quantitative estimate of drug-likeness (QED) is 0.912. The molecule has 5 nitrogen and oxygen atoms in total. The Morgan fingerprint density at radius 3 is 2.83 bits per heavy atom. The first-order chi connectivity index (χ1) is 11.0. The summed E-state index contributed by atoms with van der Waals surface area (Å²) < 4.78 is 0. The van der Waals surface area contributed by atoms with Crippen LogP contribution in [-0.4, -0.2) is 57.6 Å². The number of rotatable bonds is 2. The monoisotopic (exact) mass is 318 g/mol. The molecule has 3 rings (SSSR count). The van der Waals surface area contributed by atoms with Gasteiger partial charge in [0.25, 0.3) is 5.91 Å². The summed E-state index contributed by atoms with van der Waals surface area (Å²) in [6.07, 6.45) is 6.68. The number of H-pyrrole nitrogens is 1. The van der Waals surface area contributed by atoms with Crippen molar-refractivity contribution in [2.24, 2.45) is 0 Å². The molecule has 0 spiro atoms. The maximum atomic E-state index is 13.2. The number of likely N-dealkylation sites (tertiary alicyclic amines) is 2. The third-order valence-corrected chi connectivity index (χ3v) is 6.20. The number of nitrogens with zero attached hydrogens (tertiary/aromatic N) is 3. The number of aryl methyl sites for hydroxylation is 1. The number of nitrogens with one attached hydrogen (secondary N) is 1. The van der Waals surface area contributed by atoms with E-state index in [-0.39, 0.29) is 11.4 Å². The first kappa shape index (κ1) is 16.5. The van der Waals surface area contributed by atoms with Crippen LogP contribution < -0.4 is 0 Å². The molecule has 23 heavy (non-hydrogen) atoms. The van der Waals surface area contributed by atoms with Crippen molar-refractivity contribution in [2.45, 2.75) is 70.9 Å². The van der Waals surface area contributed by atoms with E-state index in [1.807, 2.05) is 6.92 Å². The van der Waals surface area contributed by atoms with Gasteiger partial charge in [0.2, 0.25) is 0 Å². The van der Waals surface area contributed by atoms with E-state index in [1.165, 1.54) is 19.3 Å². The SMILES string of the molecule is CCc1[nH]nc(C(=O)N2CCC[C@@]3(C)[C@@H]2CCCCN3C)c1C. The normalized spacial score (nSPS) is 29.2. The molecule has 1 aromatic heterocycles. The van der Waals surface area contributed by atoms with E-state index in [2.05, 4.69) is 40.9 Å². The lowest BCUT2D eigenvalue weighted by molar-refractivity contribution is -0.00370. The molecule has 1 N–H and O–H groups in total. The van der Waals surface area contributed by atoms with Crippen molar-refractivity contribution in [1.82, 2.24) is 20.0 Å². The van der Waals surface area contributed by atoms with Crippen molar-refractivity contribution in [3.05, 3.63) is 17.0 Å². The van der Waals surface area contributed by atoms with Crippen LogP contribution in [-0.2, 0) is 6.42 Å². The van der Waals surface area contributed by atoms with Crippen LogP contribution in [0.15, 0.2) is 0 Å². The fourth-order valence-electron chi connectivity index (χ4n) is 4.49. The summed E-state index contributed by atoms with van der Waals surface area (Å²) in [5, 5.41) is 7.37. The number of carbonyl (C=O) groups excluding carboxylic acids is 1. The van der Waals surface area contributed by atoms with E-state index in [0.717, 1.165) is 43.6 Å². The molecule has 5 heteroatoms. The average molecular weight is 318 g/mol. The third kappa shape index (κ3) is 2.69. The summed E-state index contributed by atoms with van der Waals surface area (Å²) in [5.74, 6) is 0.115. The van der Waals surface area contributed by atoms with Crippen molar-refractivity contribution in [1.29, 1.82) is 0 Å². The van der Waals surface area contributed by atoms with Gasteiger partial charge >= 0.3 is 0 Å². The molecule has 2 aliphatic rings. The first-order valence-electron chi connectivity index (χ1n) is 9.05. The Hall–Kier alpha value is -1.36. The summed E-state index contributed by atoms with van der Waals surface area (Å²) in [4.78, 5) is 17.8. The number of hydrogen-bond donors (Lipinski definition) is 1. The second-order valence-corrected chi connectivity index (χ2v) is 7.42. The van der Waals surface area contributed by atoms with E-state index >= 15 is 0 Å². The number of amides is 1. The second-order valence-electron chi connectivity index (χ2n) is 7.42. The number of aromatic amines is 1. The third-order valence-electron chi connectivity index (χ3n) is 6.20. The predicted octanol–water partition coefficient (Wildman–Crippen LogP) is 2.76. The largest absolute Gasteiger partial charge is 0.332 e. The molecule has 2 aliphatic heterocycles. The Kier molecular flexibility index (Phi) is 4.50. The number of fused-ring (bicyclic) bond motifs is 1. The van der Waals surface area contributed by atoms with Crippen LogP contribution in [0.4, 0.5) is 0 Å². The average Bonchev–Trinajstić information content (AvgIpc) is 2.84. The summed E-state index contributed by atoms with van der Waals surface area (Å²) in [6.45, 7) is 8.44. The molecule has 128 valence electrons. The summed E-state index contributed by atoms with van der Waals surface area (Å²) in [7, 11) is 2.22. The minimum Gasteiger partial charge on any atom is -0.332 e. The van der Waals surface area contributed by atoms with Crippen molar-refractivity contribution >= 4 is 5.91 Å². The molecule has 2 atom stereocenters. The highest BCUT2D eigenvalue weighted by Crippen LogP contribution is 2.38. The van der Waals surface area contributed by atoms with Crippen LogP contribution in [0, 0.1) is 6.92 Å². The van der Waals surface area contributed by atoms with E-state index < -0.39 is 0 Å². The van der Waals surface area contributed by atoms with Gasteiger partial charge < -0.3 is 4.90 Å². The van der Waals surface area contributed by atoms with Crippen LogP contribution in [0.1, 0.15) is 67.7 Å². The molecule has 1 amide bonds. The van der Waals surface area contributed by atoms with Crippen LogP contribution in [0.3, 0.4) is 0 Å². The zero-order chi connectivity index (χ0) is 16.6. The van der Waals surface area contributed by atoms with Gasteiger partial charge in [0.1, 0.15) is 0 Å². The molecule has 2 saturated heterocycles. The minimum atomic E-state index is 0.0994. The number of aromatic nitrogens is 2. The molecule has 0 radical (unpaired) electrons. The van der Waals surface area contributed by atoms with Gasteiger partial charge in [-0.25, -0.2) is 0 Å². The van der Waals surface area contributed by atoms with Gasteiger partial charge in [-0.3, -0.25) is 14.8 Å². The topological polar surface area (TPSA) is 52.2 Å². The standard InChI is InChI=1S/C18H30N4O/c1-5-14-13(2)16(20-19-14)17(23)22-12-8-10-18(3)15(22)9-6-7-11-21(18)4/h15H,5-12H2,1-4H3,(H,19,20)/t15-,18-/m0/s1. The van der Waals surface area contributed by atoms with E-state index in [1.54, 1.807) is 0 Å². The van der Waals surface area contributed by atoms with Gasteiger partial charge in [0.05, 0.1) is 6.04 Å². The maximum Gasteiger partial charge on any atom is 0.274 e. The Morgan fingerprint density at radius 1 is 1.35 bits per heavy atom. The molecule has 0 unspecified atom stereocenters. The molecule has 0 saturated carbocycles. The molecular formula is C18H30N4O. The lowest BCUT2D eigenvalue weighted by Crippen LogP contribution is -2.63. The predicted molar refractivity (Wildman–Crippen MR) is 91.6 cm³/mol. The first-order valence-corrected chi connectivity index (χ1v) is 9.05. The molecule has 2 fully saturated rings. The van der Waals surface area contributed by atoms with E-state index in [4.69, 9.17) is 0 Å². The van der Waals surface area contributed by atoms with Gasteiger partial charge in [-0.05, 0) is 59.5 Å². The summed E-state index contributed by atoms with van der Waals surface area (Å²) >= 11 is 0. The van der Waals surface area contributed by atoms with Crippen LogP contribution in [0.2, 0.25) is 0 Å². The van der Waals surface area contributed by atoms with Crippen LogP contribution in [0.5, 0.6) is 0 Å². The van der Waals surface area contributed by atoms with Crippen LogP contribution >= 0.6 is 0 Å². The van der Waals surface area contributed by atoms with Gasteiger partial charge in [0, 0.05) is 23.3 Å². The Balaban J connectivity index is 1.91. The van der Waals surface area contributed by atoms with E-state index in [0.29, 0.717) is 11.7 Å². The molecule has 0 aliphatic carbocycles. The zero-order valence-electron chi connectivity index (χ0n) is 15.0. The van der Waals surface area contributed by atoms with Gasteiger partial charge in [-0.2, -0.15) is 5.10 Å². The second kappa shape index (κ2) is 6.27. The number of carbonyl (C=O) groups is 1. The van der Waals surface area contributed by atoms with Crippen molar-refractivity contribution in [3.63, 3.8) is 0 Å². The highest BCUT2D eigenvalue weighted by atomic mass is 16.2. The maximum absolute atomic E-state index is 13.2. The fourth-order valence-corrected chi connectivity index (χ4v) is 4.49. The Labute approximate surface area is 139 Å². The molecule has 3 heterocycles. The lowest BCUT2D eigenvalue weighted by Gasteiger charge is -2.51. The Bertz CT molecular complexity index is 582. The number of likely N-dealkylation sites (N-methyl/N-ethyl adjacent to an activating group) is 1. The zero-order valence-corrected chi connectivity index (χ0v) is 15.0. The highest BCUT2D eigenvalue weighted by molar-refractivity contribution is 5.94. The summed E-state index contributed by atoms with van der Waals surface area (Å²) in [6, 6.07) is 0.303. The summed E-state index contributed by atoms with van der Waals surface area (Å²) in [5.41, 5.74) is 2.82. The molecule has 0 bridgehead atoms. The van der Waals surface area contributed by atoms with Gasteiger partial charge in [-0.15, -0.1) is 0 Å². The van der Waals surface area contributed by atoms with Gasteiger partial charge in [-0.1, -0.05) is 13.3 Å². The van der Waals surface area contributed by atoms with Crippen LogP contribution in [0.25, 0.3) is 0 Å². The van der Waals surface area contributed by atoms with Crippen molar-refractivity contribution < 1.29 is 4.79 Å². The molecular weight excluding hydrogens is 288 g/mol. The van der Waals surface area contributed by atoms with E-state index in [9.17, 15) is 4.79 Å². The van der Waals surface area contributed by atoms with Crippen molar-refractivity contribution in [2.75, 3.05) is 20.1 Å². The Morgan fingerprint density at radius 2 is 2.13 bits per heavy atom. The molecule has 1 aromatic rings. The fraction of sp³-hybridized carbons (Fsp3) is 0.778. The van der Waals surface area contributed by atoms with Crippen molar-refractivity contribution in [3.8, 4) is 0 Å². The smallest absolute Gasteiger partial charge is 0.274 e. The lowest BCUT2D eigenvalue weighted by atomic mass is 9.80.